The summed E-state index contributed by atoms with van der Waals surface area (Å²) in [7, 11) is 1.64. The van der Waals surface area contributed by atoms with Crippen LogP contribution in [0.4, 0.5) is 11.6 Å². The van der Waals surface area contributed by atoms with Gasteiger partial charge in [0.1, 0.15) is 5.75 Å². The van der Waals surface area contributed by atoms with Crippen LogP contribution in [0, 0.1) is 0 Å². The molecule has 1 aromatic carbocycles. The van der Waals surface area contributed by atoms with Gasteiger partial charge >= 0.3 is 0 Å². The molecule has 3 aromatic heterocycles. The molecule has 7 nitrogen and oxygen atoms in total. The highest BCUT2D eigenvalue weighted by molar-refractivity contribution is 5.77. The molecule has 0 aliphatic heterocycles. The van der Waals surface area contributed by atoms with E-state index in [-0.39, 0.29) is 0 Å². The smallest absolute Gasteiger partial charge is 0.227 e. The van der Waals surface area contributed by atoms with Crippen molar-refractivity contribution in [2.24, 2.45) is 0 Å². The van der Waals surface area contributed by atoms with E-state index in [1.807, 2.05) is 42.5 Å². The Morgan fingerprint density at radius 3 is 2.71 bits per heavy atom. The molecule has 0 radical (unpaired) electrons. The zero-order chi connectivity index (χ0) is 16.4. The maximum atomic E-state index is 5.15. The van der Waals surface area contributed by atoms with Gasteiger partial charge in [-0.15, -0.1) is 0 Å². The predicted molar refractivity (Wildman–Crippen MR) is 90.3 cm³/mol. The number of rotatable bonds is 4. The Morgan fingerprint density at radius 1 is 1.00 bits per heavy atom. The zero-order valence-electron chi connectivity index (χ0n) is 12.9. The number of aromatic nitrogens is 5. The Hall–Kier alpha value is -3.48. The van der Waals surface area contributed by atoms with Crippen molar-refractivity contribution in [1.82, 2.24) is 24.8 Å². The maximum Gasteiger partial charge on any atom is 0.227 e. The third-order valence-corrected chi connectivity index (χ3v) is 3.58. The highest BCUT2D eigenvalue weighted by Crippen LogP contribution is 2.23. The van der Waals surface area contributed by atoms with Gasteiger partial charge in [-0.1, -0.05) is 0 Å². The van der Waals surface area contributed by atoms with Crippen LogP contribution in [-0.2, 0) is 0 Å². The first kappa shape index (κ1) is 14.1. The average Bonchev–Trinajstić information content (AvgIpc) is 3.07. The van der Waals surface area contributed by atoms with Crippen molar-refractivity contribution in [3.63, 3.8) is 0 Å². The fourth-order valence-electron chi connectivity index (χ4n) is 2.40. The van der Waals surface area contributed by atoms with E-state index in [0.29, 0.717) is 5.95 Å². The zero-order valence-corrected chi connectivity index (χ0v) is 12.9. The Morgan fingerprint density at radius 2 is 1.88 bits per heavy atom. The molecule has 0 unspecified atom stereocenters. The second-order valence-corrected chi connectivity index (χ2v) is 5.08. The van der Waals surface area contributed by atoms with Gasteiger partial charge < -0.3 is 10.1 Å². The van der Waals surface area contributed by atoms with Crippen molar-refractivity contribution >= 4 is 17.2 Å². The van der Waals surface area contributed by atoms with Gasteiger partial charge in [0.15, 0.2) is 0 Å². The number of fused-ring (bicyclic) bond motifs is 1. The van der Waals surface area contributed by atoms with Crippen LogP contribution in [0.5, 0.6) is 5.75 Å². The molecule has 4 aromatic rings. The number of methoxy groups -OCH3 is 1. The number of benzene rings is 1. The fraction of sp³-hybridized carbons (Fsp3) is 0.0588. The second-order valence-electron chi connectivity index (χ2n) is 5.08. The Bertz CT molecular complexity index is 980. The monoisotopic (exact) mass is 318 g/mol. The number of nitrogens with zero attached hydrogens (tertiary/aromatic N) is 5. The van der Waals surface area contributed by atoms with E-state index in [9.17, 15) is 0 Å². The van der Waals surface area contributed by atoms with Crippen LogP contribution in [0.25, 0.3) is 16.8 Å². The summed E-state index contributed by atoms with van der Waals surface area (Å²) in [6, 6.07) is 13.3. The van der Waals surface area contributed by atoms with E-state index in [0.717, 1.165) is 28.2 Å². The van der Waals surface area contributed by atoms with Crippen LogP contribution < -0.4 is 10.1 Å². The minimum absolute atomic E-state index is 0.515. The summed E-state index contributed by atoms with van der Waals surface area (Å²) < 4.78 is 6.73. The minimum atomic E-state index is 0.515. The molecule has 0 spiro atoms. The highest BCUT2D eigenvalue weighted by atomic mass is 16.5. The molecule has 7 heteroatoms. The highest BCUT2D eigenvalue weighted by Gasteiger charge is 2.09. The first-order chi connectivity index (χ1) is 11.8. The fourth-order valence-corrected chi connectivity index (χ4v) is 2.40. The lowest BCUT2D eigenvalue weighted by atomic mass is 10.2. The average molecular weight is 318 g/mol. The van der Waals surface area contributed by atoms with Gasteiger partial charge in [0, 0.05) is 23.6 Å². The lowest BCUT2D eigenvalue weighted by molar-refractivity contribution is 0.415. The molecule has 0 saturated carbocycles. The standard InChI is InChI=1S/C17H14N6O/c1-24-13-6-4-12(5-7-13)21-17-18-10-8-15(22-17)14-11-20-23-16(14)3-2-9-19-23/h2-11H,1H3,(H,18,21,22). The number of hydrogen-bond acceptors (Lipinski definition) is 6. The predicted octanol–water partition coefficient (Wildman–Crippen LogP) is 2.94. The Labute approximate surface area is 138 Å². The molecule has 24 heavy (non-hydrogen) atoms. The van der Waals surface area contributed by atoms with Gasteiger partial charge in [-0.2, -0.15) is 14.8 Å². The molecule has 0 atom stereocenters. The summed E-state index contributed by atoms with van der Waals surface area (Å²) in [5.74, 6) is 1.31. The summed E-state index contributed by atoms with van der Waals surface area (Å²) in [5, 5.41) is 11.6. The van der Waals surface area contributed by atoms with Gasteiger partial charge in [-0.25, -0.2) is 9.97 Å². The molecule has 0 saturated heterocycles. The number of ether oxygens (including phenoxy) is 1. The van der Waals surface area contributed by atoms with Gasteiger partial charge in [-0.05, 0) is 42.5 Å². The number of nitrogens with one attached hydrogen (secondary N) is 1. The SMILES string of the molecule is COc1ccc(Nc2nccc(-c3cnn4ncccc34)n2)cc1. The summed E-state index contributed by atoms with van der Waals surface area (Å²) in [6.45, 7) is 0. The largest absolute Gasteiger partial charge is 0.497 e. The van der Waals surface area contributed by atoms with Crippen molar-refractivity contribution < 1.29 is 4.74 Å². The Kier molecular flexibility index (Phi) is 3.51. The molecular weight excluding hydrogens is 304 g/mol. The maximum absolute atomic E-state index is 5.15. The first-order valence-corrected chi connectivity index (χ1v) is 7.37. The van der Waals surface area contributed by atoms with Crippen LogP contribution in [0.15, 0.2) is 61.1 Å². The van der Waals surface area contributed by atoms with Gasteiger partial charge in [0.2, 0.25) is 5.95 Å². The molecule has 0 aliphatic carbocycles. The number of anilines is 2. The summed E-state index contributed by atoms with van der Waals surface area (Å²) in [5.41, 5.74) is 3.47. The molecule has 4 rings (SSSR count). The lowest BCUT2D eigenvalue weighted by Gasteiger charge is -2.07. The van der Waals surface area contributed by atoms with Crippen molar-refractivity contribution in [1.29, 1.82) is 0 Å². The summed E-state index contributed by atoms with van der Waals surface area (Å²) in [4.78, 5) is 8.84. The third-order valence-electron chi connectivity index (χ3n) is 3.58. The summed E-state index contributed by atoms with van der Waals surface area (Å²) >= 11 is 0. The van der Waals surface area contributed by atoms with Crippen LogP contribution >= 0.6 is 0 Å². The van der Waals surface area contributed by atoms with Crippen molar-refractivity contribution in [2.45, 2.75) is 0 Å². The quantitative estimate of drug-likeness (QED) is 0.623. The van der Waals surface area contributed by atoms with E-state index in [1.54, 1.807) is 30.3 Å². The van der Waals surface area contributed by atoms with E-state index in [1.165, 1.54) is 0 Å². The number of hydrogen-bond donors (Lipinski definition) is 1. The van der Waals surface area contributed by atoms with Crippen molar-refractivity contribution in [2.75, 3.05) is 12.4 Å². The topological polar surface area (TPSA) is 77.2 Å². The second kappa shape index (κ2) is 5.96. The molecule has 3 heterocycles. The molecule has 0 aliphatic rings. The normalized spacial score (nSPS) is 10.7. The molecule has 0 fully saturated rings. The molecule has 0 amide bonds. The van der Waals surface area contributed by atoms with Crippen LogP contribution in [0.1, 0.15) is 0 Å². The van der Waals surface area contributed by atoms with Crippen molar-refractivity contribution in [3.8, 4) is 17.0 Å². The third kappa shape index (κ3) is 2.63. The van der Waals surface area contributed by atoms with Crippen LogP contribution in [-0.4, -0.2) is 31.9 Å². The van der Waals surface area contributed by atoms with Crippen molar-refractivity contribution in [3.05, 3.63) is 61.1 Å². The van der Waals surface area contributed by atoms with Gasteiger partial charge in [0.25, 0.3) is 0 Å². The van der Waals surface area contributed by atoms with Gasteiger partial charge in [0.05, 0.1) is 24.5 Å². The lowest BCUT2D eigenvalue weighted by Crippen LogP contribution is -1.98. The van der Waals surface area contributed by atoms with E-state index in [2.05, 4.69) is 25.5 Å². The van der Waals surface area contributed by atoms with Crippen LogP contribution in [0.3, 0.4) is 0 Å². The van der Waals surface area contributed by atoms with E-state index >= 15 is 0 Å². The molecule has 0 bridgehead atoms. The Balaban J connectivity index is 1.66. The summed E-state index contributed by atoms with van der Waals surface area (Å²) in [6.07, 6.45) is 5.16. The molecular formula is C17H14N6O. The van der Waals surface area contributed by atoms with Crippen LogP contribution in [0.2, 0.25) is 0 Å². The molecule has 1 N–H and O–H groups in total. The first-order valence-electron chi connectivity index (χ1n) is 7.37. The van der Waals surface area contributed by atoms with Gasteiger partial charge in [-0.3, -0.25) is 0 Å². The van der Waals surface area contributed by atoms with E-state index < -0.39 is 0 Å². The molecule has 118 valence electrons. The minimum Gasteiger partial charge on any atom is -0.497 e. The van der Waals surface area contributed by atoms with E-state index in [4.69, 9.17) is 4.74 Å².